The maximum atomic E-state index is 12.7. The van der Waals surface area contributed by atoms with Gasteiger partial charge in [0.1, 0.15) is 5.82 Å². The Kier molecular flexibility index (Phi) is 4.74. The van der Waals surface area contributed by atoms with Crippen molar-refractivity contribution < 1.29 is 27.5 Å². The lowest BCUT2D eigenvalue weighted by Crippen LogP contribution is -2.09. The number of anilines is 1. The molecule has 90 valence electrons. The third-order valence-electron chi connectivity index (χ3n) is 1.65. The summed E-state index contributed by atoms with van der Waals surface area (Å²) in [6.07, 6.45) is -4.53. The number of alkyl halides is 3. The summed E-state index contributed by atoms with van der Waals surface area (Å²) in [4.78, 5) is 8.36. The van der Waals surface area contributed by atoms with Crippen molar-refractivity contribution in [3.63, 3.8) is 0 Å². The molecule has 1 aromatic carbocycles. The summed E-state index contributed by atoms with van der Waals surface area (Å²) in [5.41, 5.74) is 3.75. The van der Waals surface area contributed by atoms with Gasteiger partial charge in [-0.25, -0.2) is 4.39 Å². The summed E-state index contributed by atoms with van der Waals surface area (Å²) in [5, 5.41) is 6.89. The third-order valence-corrected chi connectivity index (χ3v) is 1.65. The van der Waals surface area contributed by atoms with Gasteiger partial charge in [0, 0.05) is 0 Å². The Morgan fingerprint density at radius 1 is 1.38 bits per heavy atom. The molecule has 0 unspecified atom stereocenters. The number of halogens is 4. The third kappa shape index (κ3) is 3.76. The molecule has 1 rings (SSSR count). The van der Waals surface area contributed by atoms with E-state index in [9.17, 15) is 17.6 Å². The number of nitrogens with two attached hydrogens (primary N) is 1. The highest BCUT2D eigenvalue weighted by Gasteiger charge is 2.33. The topological polar surface area (TPSA) is 63.3 Å². The van der Waals surface area contributed by atoms with Crippen LogP contribution in [-0.2, 0) is 11.0 Å². The summed E-state index contributed by atoms with van der Waals surface area (Å²) in [6.45, 7) is 0.985. The Hall–Kier alpha value is -1.79. The predicted octanol–water partition coefficient (Wildman–Crippen LogP) is 2.44. The second-order valence-corrected chi connectivity index (χ2v) is 2.79. The van der Waals surface area contributed by atoms with Crippen molar-refractivity contribution in [3.8, 4) is 0 Å². The zero-order chi connectivity index (χ0) is 12.9. The van der Waals surface area contributed by atoms with E-state index in [4.69, 9.17) is 15.6 Å². The van der Waals surface area contributed by atoms with Crippen molar-refractivity contribution in [2.45, 2.75) is 13.1 Å². The molecular formula is C9H9F4NO2. The van der Waals surface area contributed by atoms with Crippen LogP contribution in [0.5, 0.6) is 0 Å². The van der Waals surface area contributed by atoms with E-state index in [1.165, 1.54) is 6.92 Å². The van der Waals surface area contributed by atoms with E-state index in [1.807, 2.05) is 0 Å². The van der Waals surface area contributed by atoms with E-state index in [0.29, 0.717) is 6.07 Å². The normalized spacial score (nSPS) is 10.3. The molecule has 0 saturated heterocycles. The number of benzene rings is 1. The fraction of sp³-hybridized carbons (Fsp3) is 0.222. The zero-order valence-corrected chi connectivity index (χ0v) is 8.18. The van der Waals surface area contributed by atoms with Crippen LogP contribution in [0.2, 0.25) is 0 Å². The Labute approximate surface area is 88.5 Å². The Balaban J connectivity index is 0.000000673. The molecule has 0 saturated carbocycles. The van der Waals surface area contributed by atoms with Crippen LogP contribution in [0, 0.1) is 12.7 Å². The van der Waals surface area contributed by atoms with E-state index < -0.39 is 17.6 Å². The summed E-state index contributed by atoms with van der Waals surface area (Å²) in [7, 11) is 0. The molecule has 0 aliphatic heterocycles. The Morgan fingerprint density at radius 2 is 1.81 bits per heavy atom. The molecule has 0 heterocycles. The lowest BCUT2D eigenvalue weighted by atomic mass is 10.1. The first-order chi connectivity index (χ1) is 7.23. The molecule has 0 bridgehead atoms. The van der Waals surface area contributed by atoms with Gasteiger partial charge in [0.25, 0.3) is 6.47 Å². The van der Waals surface area contributed by atoms with Gasteiger partial charge < -0.3 is 10.8 Å². The van der Waals surface area contributed by atoms with Crippen LogP contribution in [0.3, 0.4) is 0 Å². The van der Waals surface area contributed by atoms with Crippen LogP contribution in [-0.4, -0.2) is 11.6 Å². The van der Waals surface area contributed by atoms with Gasteiger partial charge in [-0.15, -0.1) is 0 Å². The minimum Gasteiger partial charge on any atom is -0.483 e. The molecule has 3 nitrogen and oxygen atoms in total. The van der Waals surface area contributed by atoms with Gasteiger partial charge in [0.05, 0.1) is 11.3 Å². The van der Waals surface area contributed by atoms with E-state index in [1.54, 1.807) is 0 Å². The number of nitrogen functional groups attached to an aromatic ring is 1. The van der Waals surface area contributed by atoms with Crippen LogP contribution in [0.25, 0.3) is 0 Å². The van der Waals surface area contributed by atoms with E-state index in [2.05, 4.69) is 0 Å². The monoisotopic (exact) mass is 239 g/mol. The maximum Gasteiger partial charge on any atom is 0.416 e. The molecule has 16 heavy (non-hydrogen) atoms. The lowest BCUT2D eigenvalue weighted by Gasteiger charge is -2.10. The van der Waals surface area contributed by atoms with Crippen molar-refractivity contribution in [2.24, 2.45) is 0 Å². The molecule has 0 amide bonds. The van der Waals surface area contributed by atoms with Gasteiger partial charge in [-0.05, 0) is 24.6 Å². The second kappa shape index (κ2) is 5.34. The standard InChI is InChI=1S/C8H7F4N.CH2O2/c1-4-2-7(13)6(9)3-5(4)8(10,11)12;2-1-3/h2-3H,13H2,1H3;1H,(H,2,3). The number of hydrogen-bond acceptors (Lipinski definition) is 2. The number of aryl methyl sites for hydroxylation is 1. The van der Waals surface area contributed by atoms with Crippen LogP contribution in [0.15, 0.2) is 12.1 Å². The zero-order valence-electron chi connectivity index (χ0n) is 8.18. The number of rotatable bonds is 0. The lowest BCUT2D eigenvalue weighted by molar-refractivity contribution is -0.138. The molecule has 0 spiro atoms. The first kappa shape index (κ1) is 14.2. The Bertz CT molecular complexity index is 377. The SMILES string of the molecule is Cc1cc(N)c(F)cc1C(F)(F)F.O=CO. The van der Waals surface area contributed by atoms with Crippen LogP contribution >= 0.6 is 0 Å². The molecule has 0 aliphatic rings. The molecule has 1 aromatic rings. The fourth-order valence-corrected chi connectivity index (χ4v) is 1.01. The van der Waals surface area contributed by atoms with Crippen LogP contribution in [0.1, 0.15) is 11.1 Å². The van der Waals surface area contributed by atoms with Crippen molar-refractivity contribution in [1.82, 2.24) is 0 Å². The van der Waals surface area contributed by atoms with Gasteiger partial charge in [0.15, 0.2) is 0 Å². The highest BCUT2D eigenvalue weighted by molar-refractivity contribution is 5.46. The summed E-state index contributed by atoms with van der Waals surface area (Å²) in [6, 6.07) is 1.38. The largest absolute Gasteiger partial charge is 0.483 e. The molecule has 0 aromatic heterocycles. The van der Waals surface area contributed by atoms with Gasteiger partial charge in [-0.2, -0.15) is 13.2 Å². The summed E-state index contributed by atoms with van der Waals surface area (Å²) >= 11 is 0. The summed E-state index contributed by atoms with van der Waals surface area (Å²) in [5.74, 6) is -1.04. The second-order valence-electron chi connectivity index (χ2n) is 2.79. The first-order valence-electron chi connectivity index (χ1n) is 3.94. The van der Waals surface area contributed by atoms with Crippen LogP contribution in [0.4, 0.5) is 23.2 Å². The number of hydrogen-bond donors (Lipinski definition) is 2. The quantitative estimate of drug-likeness (QED) is 0.415. The van der Waals surface area contributed by atoms with Crippen LogP contribution < -0.4 is 5.73 Å². The van der Waals surface area contributed by atoms with Gasteiger partial charge in [0.2, 0.25) is 0 Å². The summed E-state index contributed by atoms with van der Waals surface area (Å²) < 4.78 is 49.1. The molecule has 0 radical (unpaired) electrons. The van der Waals surface area contributed by atoms with Gasteiger partial charge >= 0.3 is 6.18 Å². The highest BCUT2D eigenvalue weighted by Crippen LogP contribution is 2.33. The molecule has 0 atom stereocenters. The average molecular weight is 239 g/mol. The van der Waals surface area contributed by atoms with Crippen molar-refractivity contribution in [3.05, 3.63) is 29.1 Å². The van der Waals surface area contributed by atoms with Crippen molar-refractivity contribution in [1.29, 1.82) is 0 Å². The fourth-order valence-electron chi connectivity index (χ4n) is 1.01. The van der Waals surface area contributed by atoms with Gasteiger partial charge in [-0.1, -0.05) is 0 Å². The molecule has 7 heteroatoms. The molecule has 3 N–H and O–H groups in total. The first-order valence-corrected chi connectivity index (χ1v) is 3.94. The molecule has 0 fully saturated rings. The minimum absolute atomic E-state index is 0.0774. The van der Waals surface area contributed by atoms with E-state index >= 15 is 0 Å². The average Bonchev–Trinajstić information content (AvgIpc) is 2.10. The van der Waals surface area contributed by atoms with E-state index in [-0.39, 0.29) is 17.7 Å². The van der Waals surface area contributed by atoms with Crippen molar-refractivity contribution in [2.75, 3.05) is 5.73 Å². The van der Waals surface area contributed by atoms with Crippen molar-refractivity contribution >= 4 is 12.2 Å². The number of carboxylic acid groups (broad SMARTS) is 1. The predicted molar refractivity (Wildman–Crippen MR) is 49.2 cm³/mol. The highest BCUT2D eigenvalue weighted by atomic mass is 19.4. The molecule has 0 aliphatic carbocycles. The smallest absolute Gasteiger partial charge is 0.416 e. The number of carbonyl (C=O) groups is 1. The van der Waals surface area contributed by atoms with E-state index in [0.717, 1.165) is 6.07 Å². The molecular weight excluding hydrogens is 230 g/mol. The minimum atomic E-state index is -4.53. The van der Waals surface area contributed by atoms with Gasteiger partial charge in [-0.3, -0.25) is 4.79 Å². The Morgan fingerprint density at radius 3 is 2.19 bits per heavy atom. The maximum absolute atomic E-state index is 12.7.